The van der Waals surface area contributed by atoms with Crippen molar-refractivity contribution in [2.24, 2.45) is 0 Å². The lowest BCUT2D eigenvalue weighted by molar-refractivity contribution is 0.402. The molecular formula is C10H15NO2. The van der Waals surface area contributed by atoms with E-state index < -0.39 is 0 Å². The molecule has 0 aliphatic heterocycles. The molecular weight excluding hydrogens is 166 g/mol. The first-order valence-corrected chi connectivity index (χ1v) is 4.31. The normalized spacial score (nSPS) is 10.3. The number of likely N-dealkylation sites (N-methyl/N-ethyl adjacent to an activating group) is 1. The van der Waals surface area contributed by atoms with Gasteiger partial charge in [0.15, 0.2) is 11.5 Å². The molecule has 3 heteroatoms. The molecule has 0 saturated heterocycles. The Morgan fingerprint density at radius 3 is 2.46 bits per heavy atom. The van der Waals surface area contributed by atoms with Crippen LogP contribution in [0.1, 0.15) is 11.1 Å². The van der Waals surface area contributed by atoms with Crippen LogP contribution in [0.15, 0.2) is 12.1 Å². The average molecular weight is 181 g/mol. The molecule has 0 aliphatic carbocycles. The van der Waals surface area contributed by atoms with E-state index in [1.807, 2.05) is 14.0 Å². The highest BCUT2D eigenvalue weighted by Crippen LogP contribution is 2.27. The van der Waals surface area contributed by atoms with Gasteiger partial charge >= 0.3 is 0 Å². The minimum atomic E-state index is -0.0503. The monoisotopic (exact) mass is 181 g/mol. The Morgan fingerprint density at radius 2 is 1.85 bits per heavy atom. The quantitative estimate of drug-likeness (QED) is 0.613. The van der Waals surface area contributed by atoms with E-state index in [0.29, 0.717) is 0 Å². The summed E-state index contributed by atoms with van der Waals surface area (Å²) in [6, 6.07) is 3.20. The standard InChI is InChI=1S/C10H15NO2/c1-7-5-9(12)10(13)6-8(7)3-4-11-2/h5-6,11-13H,3-4H2,1-2H3. The van der Waals surface area contributed by atoms with Crippen LogP contribution in [0, 0.1) is 6.92 Å². The van der Waals surface area contributed by atoms with E-state index in [-0.39, 0.29) is 11.5 Å². The fourth-order valence-corrected chi connectivity index (χ4v) is 1.25. The molecule has 0 aromatic heterocycles. The Labute approximate surface area is 78.0 Å². The van der Waals surface area contributed by atoms with Crippen LogP contribution in [0.4, 0.5) is 0 Å². The van der Waals surface area contributed by atoms with Crippen molar-refractivity contribution in [2.45, 2.75) is 13.3 Å². The van der Waals surface area contributed by atoms with Crippen molar-refractivity contribution in [1.29, 1.82) is 0 Å². The van der Waals surface area contributed by atoms with Crippen molar-refractivity contribution < 1.29 is 10.2 Å². The van der Waals surface area contributed by atoms with Gasteiger partial charge in [0.2, 0.25) is 0 Å². The highest BCUT2D eigenvalue weighted by Gasteiger charge is 2.04. The first-order chi connectivity index (χ1) is 6.15. The van der Waals surface area contributed by atoms with Crippen molar-refractivity contribution in [1.82, 2.24) is 5.32 Å². The van der Waals surface area contributed by atoms with Crippen LogP contribution >= 0.6 is 0 Å². The highest BCUT2D eigenvalue weighted by atomic mass is 16.3. The lowest BCUT2D eigenvalue weighted by Gasteiger charge is -2.07. The molecule has 1 aromatic carbocycles. The topological polar surface area (TPSA) is 52.5 Å². The molecule has 0 atom stereocenters. The van der Waals surface area contributed by atoms with Crippen LogP contribution < -0.4 is 5.32 Å². The SMILES string of the molecule is CNCCc1cc(O)c(O)cc1C. The van der Waals surface area contributed by atoms with Gasteiger partial charge < -0.3 is 15.5 Å². The summed E-state index contributed by atoms with van der Waals surface area (Å²) in [5, 5.41) is 21.5. The summed E-state index contributed by atoms with van der Waals surface area (Å²) >= 11 is 0. The van der Waals surface area contributed by atoms with Crippen LogP contribution in [0.25, 0.3) is 0 Å². The predicted octanol–water partition coefficient (Wildman–Crippen LogP) is 1.17. The molecule has 0 heterocycles. The number of aromatic hydroxyl groups is 2. The summed E-state index contributed by atoms with van der Waals surface area (Å²) in [5.41, 5.74) is 2.07. The molecule has 1 aromatic rings. The lowest BCUT2D eigenvalue weighted by Crippen LogP contribution is -2.10. The number of phenols is 2. The van der Waals surface area contributed by atoms with E-state index >= 15 is 0 Å². The second-order valence-electron chi connectivity index (χ2n) is 3.12. The van der Waals surface area contributed by atoms with Gasteiger partial charge in [-0.25, -0.2) is 0 Å². The van der Waals surface area contributed by atoms with Crippen LogP contribution in [-0.2, 0) is 6.42 Å². The van der Waals surface area contributed by atoms with Crippen molar-refractivity contribution in [3.63, 3.8) is 0 Å². The Balaban J connectivity index is 2.88. The molecule has 13 heavy (non-hydrogen) atoms. The largest absolute Gasteiger partial charge is 0.504 e. The number of phenolic OH excluding ortho intramolecular Hbond substituents is 2. The number of rotatable bonds is 3. The molecule has 0 fully saturated rings. The van der Waals surface area contributed by atoms with Gasteiger partial charge in [-0.15, -0.1) is 0 Å². The Hall–Kier alpha value is -1.22. The van der Waals surface area contributed by atoms with Gasteiger partial charge in [-0.3, -0.25) is 0 Å². The predicted molar refractivity (Wildman–Crippen MR) is 52.1 cm³/mol. The maximum absolute atomic E-state index is 9.25. The van der Waals surface area contributed by atoms with E-state index in [0.717, 1.165) is 24.1 Å². The smallest absolute Gasteiger partial charge is 0.157 e. The first kappa shape index (κ1) is 9.86. The zero-order valence-corrected chi connectivity index (χ0v) is 7.96. The number of aryl methyl sites for hydroxylation is 1. The van der Waals surface area contributed by atoms with Gasteiger partial charge in [0.25, 0.3) is 0 Å². The van der Waals surface area contributed by atoms with Crippen LogP contribution in [0.3, 0.4) is 0 Å². The zero-order valence-electron chi connectivity index (χ0n) is 7.96. The molecule has 72 valence electrons. The molecule has 3 nitrogen and oxygen atoms in total. The molecule has 0 saturated carbocycles. The summed E-state index contributed by atoms with van der Waals surface area (Å²) in [5.74, 6) is -0.0950. The molecule has 0 spiro atoms. The van der Waals surface area contributed by atoms with E-state index in [9.17, 15) is 10.2 Å². The van der Waals surface area contributed by atoms with Gasteiger partial charge in [0.1, 0.15) is 0 Å². The second kappa shape index (κ2) is 4.14. The van der Waals surface area contributed by atoms with E-state index in [1.54, 1.807) is 12.1 Å². The van der Waals surface area contributed by atoms with Crippen molar-refractivity contribution >= 4 is 0 Å². The maximum Gasteiger partial charge on any atom is 0.157 e. The molecule has 0 unspecified atom stereocenters. The van der Waals surface area contributed by atoms with Crippen molar-refractivity contribution in [2.75, 3.05) is 13.6 Å². The third-order valence-electron chi connectivity index (χ3n) is 2.08. The average Bonchev–Trinajstić information content (AvgIpc) is 2.09. The molecule has 0 aliphatic rings. The Kier molecular flexibility index (Phi) is 3.14. The molecule has 0 amide bonds. The number of nitrogens with one attached hydrogen (secondary N) is 1. The van der Waals surface area contributed by atoms with Gasteiger partial charge in [-0.2, -0.15) is 0 Å². The number of hydrogen-bond acceptors (Lipinski definition) is 3. The fraction of sp³-hybridized carbons (Fsp3) is 0.400. The van der Waals surface area contributed by atoms with Gasteiger partial charge in [0.05, 0.1) is 0 Å². The van der Waals surface area contributed by atoms with Crippen LogP contribution in [-0.4, -0.2) is 23.8 Å². The highest BCUT2D eigenvalue weighted by molar-refractivity contribution is 5.45. The molecule has 3 N–H and O–H groups in total. The maximum atomic E-state index is 9.25. The minimum absolute atomic E-state index is 0.0447. The number of hydrogen-bond donors (Lipinski definition) is 3. The van der Waals surface area contributed by atoms with E-state index in [2.05, 4.69) is 5.32 Å². The van der Waals surface area contributed by atoms with Gasteiger partial charge in [-0.1, -0.05) is 0 Å². The third-order valence-corrected chi connectivity index (χ3v) is 2.08. The van der Waals surface area contributed by atoms with Crippen molar-refractivity contribution in [3.8, 4) is 11.5 Å². The van der Waals surface area contributed by atoms with Crippen LogP contribution in [0.2, 0.25) is 0 Å². The van der Waals surface area contributed by atoms with Crippen molar-refractivity contribution in [3.05, 3.63) is 23.3 Å². The Morgan fingerprint density at radius 1 is 1.23 bits per heavy atom. The summed E-state index contributed by atoms with van der Waals surface area (Å²) in [4.78, 5) is 0. The lowest BCUT2D eigenvalue weighted by atomic mass is 10.0. The Bertz CT molecular complexity index is 297. The second-order valence-corrected chi connectivity index (χ2v) is 3.12. The number of benzene rings is 1. The van der Waals surface area contributed by atoms with E-state index in [4.69, 9.17) is 0 Å². The summed E-state index contributed by atoms with van der Waals surface area (Å²) in [6.07, 6.45) is 0.857. The van der Waals surface area contributed by atoms with Gasteiger partial charge in [0, 0.05) is 0 Å². The molecule has 0 bridgehead atoms. The van der Waals surface area contributed by atoms with Gasteiger partial charge in [-0.05, 0) is 50.2 Å². The van der Waals surface area contributed by atoms with Crippen LogP contribution in [0.5, 0.6) is 11.5 Å². The molecule has 1 rings (SSSR count). The summed E-state index contributed by atoms with van der Waals surface area (Å²) in [6.45, 7) is 2.79. The minimum Gasteiger partial charge on any atom is -0.504 e. The first-order valence-electron chi connectivity index (χ1n) is 4.31. The zero-order chi connectivity index (χ0) is 9.84. The summed E-state index contributed by atoms with van der Waals surface area (Å²) in [7, 11) is 1.88. The third kappa shape index (κ3) is 2.36. The summed E-state index contributed by atoms with van der Waals surface area (Å²) < 4.78 is 0. The van der Waals surface area contributed by atoms with E-state index in [1.165, 1.54) is 0 Å². The fourth-order valence-electron chi connectivity index (χ4n) is 1.25. The molecule has 0 radical (unpaired) electrons.